The summed E-state index contributed by atoms with van der Waals surface area (Å²) in [6, 6.07) is 0. The van der Waals surface area contributed by atoms with E-state index in [0.717, 1.165) is 0 Å². The quantitative estimate of drug-likeness (QED) is 0.571. The van der Waals surface area contributed by atoms with Gasteiger partial charge >= 0.3 is 5.97 Å². The van der Waals surface area contributed by atoms with Gasteiger partial charge in [-0.1, -0.05) is 5.92 Å². The van der Waals surface area contributed by atoms with Crippen molar-refractivity contribution in [3.8, 4) is 11.8 Å². The zero-order chi connectivity index (χ0) is 7.98. The Morgan fingerprint density at radius 3 is 2.80 bits per heavy atom. The van der Waals surface area contributed by atoms with Crippen molar-refractivity contribution >= 4 is 5.97 Å². The summed E-state index contributed by atoms with van der Waals surface area (Å²) in [6.07, 6.45) is 0.467. The molecule has 0 saturated carbocycles. The van der Waals surface area contributed by atoms with Gasteiger partial charge in [0.1, 0.15) is 0 Å². The van der Waals surface area contributed by atoms with Gasteiger partial charge in [0, 0.05) is 19.5 Å². The van der Waals surface area contributed by atoms with E-state index in [4.69, 9.17) is 9.84 Å². The van der Waals surface area contributed by atoms with Crippen LogP contribution in [0.2, 0.25) is 0 Å². The van der Waals surface area contributed by atoms with Crippen molar-refractivity contribution < 1.29 is 14.6 Å². The first-order valence-corrected chi connectivity index (χ1v) is 2.91. The highest BCUT2D eigenvalue weighted by atomic mass is 16.5. The fourth-order valence-electron chi connectivity index (χ4n) is 0.354. The van der Waals surface area contributed by atoms with Gasteiger partial charge in [0.2, 0.25) is 0 Å². The summed E-state index contributed by atoms with van der Waals surface area (Å²) in [4.78, 5) is 9.85. The Kier molecular flexibility index (Phi) is 4.34. The van der Waals surface area contributed by atoms with Crippen LogP contribution in [0.4, 0.5) is 0 Å². The summed E-state index contributed by atoms with van der Waals surface area (Å²) in [6.45, 7) is 1.83. The Labute approximate surface area is 60.0 Å². The molecule has 3 heteroatoms. The molecule has 0 saturated heterocycles. The highest BCUT2D eigenvalue weighted by Gasteiger charge is 1.93. The maximum absolute atomic E-state index is 9.85. The first-order chi connectivity index (χ1) is 4.66. The van der Waals surface area contributed by atoms with Crippen molar-refractivity contribution in [2.24, 2.45) is 0 Å². The lowest BCUT2D eigenvalue weighted by Gasteiger charge is -2.01. The Hall–Kier alpha value is -1.01. The largest absolute Gasteiger partial charge is 0.472 e. The lowest BCUT2D eigenvalue weighted by Crippen LogP contribution is -2.02. The van der Waals surface area contributed by atoms with Gasteiger partial charge in [-0.3, -0.25) is 0 Å². The van der Waals surface area contributed by atoms with Crippen LogP contribution in [0.15, 0.2) is 0 Å². The molecule has 0 aliphatic carbocycles. The molecule has 1 atom stereocenters. The first-order valence-electron chi connectivity index (χ1n) is 2.91. The summed E-state index contributed by atoms with van der Waals surface area (Å²) < 4.78 is 4.84. The molecule has 0 aromatic rings. The maximum atomic E-state index is 9.85. The Morgan fingerprint density at radius 2 is 2.40 bits per heavy atom. The average Bonchev–Trinajstić information content (AvgIpc) is 1.87. The van der Waals surface area contributed by atoms with E-state index >= 15 is 0 Å². The van der Waals surface area contributed by atoms with Crippen LogP contribution in [0, 0.1) is 11.8 Å². The van der Waals surface area contributed by atoms with Gasteiger partial charge in [0.05, 0.1) is 6.10 Å². The predicted octanol–water partition coefficient (Wildman–Crippen LogP) is 0.499. The fourth-order valence-corrected chi connectivity index (χ4v) is 0.354. The van der Waals surface area contributed by atoms with E-state index in [0.29, 0.717) is 6.42 Å². The number of rotatable bonds is 2. The summed E-state index contributed by atoms with van der Waals surface area (Å²) in [5.74, 6) is 3.36. The van der Waals surface area contributed by atoms with Crippen molar-refractivity contribution in [3.05, 3.63) is 0 Å². The topological polar surface area (TPSA) is 46.5 Å². The van der Waals surface area contributed by atoms with Crippen LogP contribution in [-0.2, 0) is 9.53 Å². The monoisotopic (exact) mass is 142 g/mol. The summed E-state index contributed by atoms with van der Waals surface area (Å²) in [5, 5.41) is 8.08. The molecule has 0 bridgehead atoms. The lowest BCUT2D eigenvalue weighted by atomic mass is 10.3. The number of hydrogen-bond donors (Lipinski definition) is 1. The molecule has 3 nitrogen and oxygen atoms in total. The minimum absolute atomic E-state index is 0.00634. The highest BCUT2D eigenvalue weighted by Crippen LogP contribution is 1.91. The second kappa shape index (κ2) is 4.83. The van der Waals surface area contributed by atoms with Gasteiger partial charge in [-0.25, -0.2) is 4.79 Å². The number of methoxy groups -OCH3 is 1. The Bertz CT molecular complexity index is 163. The van der Waals surface area contributed by atoms with E-state index < -0.39 is 5.97 Å². The van der Waals surface area contributed by atoms with E-state index in [2.05, 4.69) is 5.92 Å². The summed E-state index contributed by atoms with van der Waals surface area (Å²) >= 11 is 0. The van der Waals surface area contributed by atoms with Crippen LogP contribution >= 0.6 is 0 Å². The second-order valence-electron chi connectivity index (χ2n) is 1.86. The fraction of sp³-hybridized carbons (Fsp3) is 0.571. The maximum Gasteiger partial charge on any atom is 0.381 e. The molecule has 1 N–H and O–H groups in total. The number of aliphatic carboxylic acids is 1. The molecular weight excluding hydrogens is 132 g/mol. The third kappa shape index (κ3) is 5.13. The Balaban J connectivity index is 3.55. The molecule has 0 rings (SSSR count). The molecule has 56 valence electrons. The number of carbonyl (C=O) groups is 1. The standard InChI is InChI=1S/C7H10O3/c1-6(10-2)4-3-5-7(8)9/h6H,4H2,1-2H3,(H,8,9)/t6-/m0/s1. The van der Waals surface area contributed by atoms with Crippen molar-refractivity contribution in [3.63, 3.8) is 0 Å². The molecule has 0 fully saturated rings. The van der Waals surface area contributed by atoms with E-state index in [1.807, 2.05) is 12.8 Å². The molecule has 0 aliphatic rings. The van der Waals surface area contributed by atoms with E-state index in [1.54, 1.807) is 7.11 Å². The first kappa shape index (κ1) is 8.99. The molecule has 0 aliphatic heterocycles. The van der Waals surface area contributed by atoms with Crippen molar-refractivity contribution in [2.75, 3.05) is 7.11 Å². The highest BCUT2D eigenvalue weighted by molar-refractivity contribution is 5.86. The van der Waals surface area contributed by atoms with Crippen molar-refractivity contribution in [1.29, 1.82) is 0 Å². The Morgan fingerprint density at radius 1 is 1.80 bits per heavy atom. The molecule has 0 amide bonds. The van der Waals surface area contributed by atoms with Gasteiger partial charge in [0.15, 0.2) is 0 Å². The van der Waals surface area contributed by atoms with Gasteiger partial charge in [-0.2, -0.15) is 0 Å². The summed E-state index contributed by atoms with van der Waals surface area (Å²) in [5.41, 5.74) is 0. The van der Waals surface area contributed by atoms with Gasteiger partial charge in [-0.15, -0.1) is 0 Å². The third-order valence-corrected chi connectivity index (χ3v) is 0.987. The van der Waals surface area contributed by atoms with Crippen LogP contribution in [0.25, 0.3) is 0 Å². The van der Waals surface area contributed by atoms with Crippen LogP contribution < -0.4 is 0 Å². The normalized spacial score (nSPS) is 11.4. The minimum Gasteiger partial charge on any atom is -0.472 e. The predicted molar refractivity (Wildman–Crippen MR) is 36.5 cm³/mol. The number of carboxylic acids is 1. The van der Waals surface area contributed by atoms with Crippen LogP contribution in [0.3, 0.4) is 0 Å². The molecule has 0 aromatic heterocycles. The molecule has 0 heterocycles. The van der Waals surface area contributed by atoms with Gasteiger partial charge in [0.25, 0.3) is 0 Å². The zero-order valence-corrected chi connectivity index (χ0v) is 6.05. The van der Waals surface area contributed by atoms with Gasteiger partial charge in [-0.05, 0) is 6.92 Å². The molecule has 0 unspecified atom stereocenters. The van der Waals surface area contributed by atoms with E-state index in [9.17, 15) is 4.79 Å². The number of carboxylic acid groups (broad SMARTS) is 1. The molecule has 10 heavy (non-hydrogen) atoms. The molecular formula is C7H10O3. The minimum atomic E-state index is -1.09. The SMILES string of the molecule is CO[C@@H](C)CC#CC(=O)O. The van der Waals surface area contributed by atoms with Crippen molar-refractivity contribution in [1.82, 2.24) is 0 Å². The van der Waals surface area contributed by atoms with Gasteiger partial charge < -0.3 is 9.84 Å². The van der Waals surface area contributed by atoms with E-state index in [-0.39, 0.29) is 6.10 Å². The summed E-state index contributed by atoms with van der Waals surface area (Å²) in [7, 11) is 1.56. The smallest absolute Gasteiger partial charge is 0.381 e. The van der Waals surface area contributed by atoms with Crippen LogP contribution in [-0.4, -0.2) is 24.3 Å². The van der Waals surface area contributed by atoms with Crippen LogP contribution in [0.5, 0.6) is 0 Å². The number of ether oxygens (including phenoxy) is 1. The third-order valence-electron chi connectivity index (χ3n) is 0.987. The second-order valence-corrected chi connectivity index (χ2v) is 1.86. The van der Waals surface area contributed by atoms with E-state index in [1.165, 1.54) is 0 Å². The van der Waals surface area contributed by atoms with Crippen LogP contribution in [0.1, 0.15) is 13.3 Å². The molecule has 0 aromatic carbocycles. The zero-order valence-electron chi connectivity index (χ0n) is 6.05. The average molecular weight is 142 g/mol. The van der Waals surface area contributed by atoms with Crippen molar-refractivity contribution in [2.45, 2.75) is 19.4 Å². The number of hydrogen-bond acceptors (Lipinski definition) is 2. The molecule has 0 spiro atoms. The lowest BCUT2D eigenvalue weighted by molar-refractivity contribution is -0.130. The molecule has 0 radical (unpaired) electrons.